The molecule has 29 heavy (non-hydrogen) atoms. The van der Waals surface area contributed by atoms with Crippen molar-refractivity contribution in [2.45, 2.75) is 6.92 Å². The van der Waals surface area contributed by atoms with Gasteiger partial charge in [0.1, 0.15) is 17.1 Å². The van der Waals surface area contributed by atoms with Gasteiger partial charge in [0, 0.05) is 11.8 Å². The lowest BCUT2D eigenvalue weighted by atomic mass is 10.1. The number of hydrogen-bond donors (Lipinski definition) is 1. The van der Waals surface area contributed by atoms with Crippen molar-refractivity contribution in [3.8, 4) is 22.8 Å². The third-order valence-corrected chi connectivity index (χ3v) is 4.71. The molecule has 0 saturated heterocycles. The van der Waals surface area contributed by atoms with Crippen molar-refractivity contribution in [3.63, 3.8) is 0 Å². The first-order valence-electron chi connectivity index (χ1n) is 9.18. The Hall–Kier alpha value is -3.80. The van der Waals surface area contributed by atoms with Crippen LogP contribution in [0.2, 0.25) is 0 Å². The maximum absolute atomic E-state index is 13.2. The summed E-state index contributed by atoms with van der Waals surface area (Å²) in [4.78, 5) is 17.8. The quantitative estimate of drug-likeness (QED) is 0.544. The molecular weight excluding hydrogens is 366 g/mol. The van der Waals surface area contributed by atoms with E-state index >= 15 is 0 Å². The second kappa shape index (κ2) is 7.67. The van der Waals surface area contributed by atoms with Crippen LogP contribution in [0.15, 0.2) is 66.9 Å². The van der Waals surface area contributed by atoms with E-state index in [1.165, 1.54) is 0 Å². The van der Waals surface area contributed by atoms with Gasteiger partial charge in [-0.3, -0.25) is 9.20 Å². The lowest BCUT2D eigenvalue weighted by Gasteiger charge is -2.11. The van der Waals surface area contributed by atoms with Crippen LogP contribution in [0.5, 0.6) is 11.5 Å². The zero-order valence-corrected chi connectivity index (χ0v) is 16.5. The van der Waals surface area contributed by atoms with Crippen LogP contribution in [-0.2, 0) is 0 Å². The Morgan fingerprint density at radius 3 is 2.52 bits per heavy atom. The van der Waals surface area contributed by atoms with Crippen LogP contribution < -0.4 is 14.8 Å². The molecule has 6 heteroatoms. The van der Waals surface area contributed by atoms with Crippen LogP contribution in [0.4, 0.5) is 5.69 Å². The Morgan fingerprint density at radius 2 is 1.79 bits per heavy atom. The van der Waals surface area contributed by atoms with Crippen molar-refractivity contribution in [3.05, 3.63) is 78.1 Å². The zero-order chi connectivity index (χ0) is 20.4. The van der Waals surface area contributed by atoms with Gasteiger partial charge in [0.05, 0.1) is 25.6 Å². The number of aryl methyl sites for hydroxylation is 1. The van der Waals surface area contributed by atoms with E-state index in [9.17, 15) is 4.79 Å². The summed E-state index contributed by atoms with van der Waals surface area (Å²) in [6, 6.07) is 18.9. The van der Waals surface area contributed by atoms with Gasteiger partial charge in [-0.15, -0.1) is 0 Å². The van der Waals surface area contributed by atoms with Crippen LogP contribution in [0.3, 0.4) is 0 Å². The van der Waals surface area contributed by atoms with Gasteiger partial charge in [0.25, 0.3) is 5.91 Å². The van der Waals surface area contributed by atoms with Crippen molar-refractivity contribution in [2.24, 2.45) is 0 Å². The number of ether oxygens (including phenoxy) is 2. The maximum atomic E-state index is 13.2. The first kappa shape index (κ1) is 18.6. The SMILES string of the molecule is COc1ccc(-c2c(C(=O)Nc3cc(C)ccc3OC)nc3ccccn23)cc1. The van der Waals surface area contributed by atoms with E-state index in [1.807, 2.05) is 78.2 Å². The number of nitrogens with one attached hydrogen (secondary N) is 1. The fourth-order valence-electron chi connectivity index (χ4n) is 3.28. The number of carbonyl (C=O) groups is 1. The van der Waals surface area contributed by atoms with Gasteiger partial charge in [-0.25, -0.2) is 4.98 Å². The molecule has 0 spiro atoms. The Balaban J connectivity index is 1.81. The van der Waals surface area contributed by atoms with Crippen molar-refractivity contribution in [1.29, 1.82) is 0 Å². The molecule has 1 N–H and O–H groups in total. The van der Waals surface area contributed by atoms with Crippen molar-refractivity contribution in [1.82, 2.24) is 9.38 Å². The molecule has 0 aliphatic carbocycles. The molecule has 4 rings (SSSR count). The normalized spacial score (nSPS) is 10.7. The molecule has 6 nitrogen and oxygen atoms in total. The summed E-state index contributed by atoms with van der Waals surface area (Å²) in [6.07, 6.45) is 1.89. The minimum absolute atomic E-state index is 0.302. The average molecular weight is 387 g/mol. The lowest BCUT2D eigenvalue weighted by Crippen LogP contribution is -2.14. The summed E-state index contributed by atoms with van der Waals surface area (Å²) in [6.45, 7) is 1.96. The number of rotatable bonds is 5. The second-order valence-corrected chi connectivity index (χ2v) is 6.62. The standard InChI is InChI=1S/C23H21N3O3/c1-15-7-12-19(29-3)18(14-15)24-23(27)21-22(16-8-10-17(28-2)11-9-16)26-13-5-4-6-20(26)25-21/h4-14H,1-3H3,(H,24,27). The predicted octanol–water partition coefficient (Wildman–Crippen LogP) is 4.58. The minimum Gasteiger partial charge on any atom is -0.497 e. The van der Waals surface area contributed by atoms with E-state index in [0.29, 0.717) is 28.5 Å². The molecule has 4 aromatic rings. The Bertz CT molecular complexity index is 1180. The van der Waals surface area contributed by atoms with Gasteiger partial charge >= 0.3 is 0 Å². The number of imidazole rings is 1. The molecule has 0 fully saturated rings. The monoisotopic (exact) mass is 387 g/mol. The molecule has 0 aliphatic rings. The zero-order valence-electron chi connectivity index (χ0n) is 16.5. The number of nitrogens with zero attached hydrogens (tertiary/aromatic N) is 2. The van der Waals surface area contributed by atoms with E-state index in [1.54, 1.807) is 14.2 Å². The van der Waals surface area contributed by atoms with E-state index in [-0.39, 0.29) is 5.91 Å². The molecule has 146 valence electrons. The maximum Gasteiger partial charge on any atom is 0.276 e. The van der Waals surface area contributed by atoms with Crippen LogP contribution >= 0.6 is 0 Å². The molecule has 2 aromatic heterocycles. The Morgan fingerprint density at radius 1 is 1.00 bits per heavy atom. The first-order valence-corrected chi connectivity index (χ1v) is 9.18. The molecule has 2 aromatic carbocycles. The number of aromatic nitrogens is 2. The summed E-state index contributed by atoms with van der Waals surface area (Å²) >= 11 is 0. The van der Waals surface area contributed by atoms with E-state index < -0.39 is 0 Å². The Labute approximate surface area is 168 Å². The third-order valence-electron chi connectivity index (χ3n) is 4.71. The van der Waals surface area contributed by atoms with Crippen molar-refractivity contribution < 1.29 is 14.3 Å². The summed E-state index contributed by atoms with van der Waals surface area (Å²) in [5.74, 6) is 1.04. The fourth-order valence-corrected chi connectivity index (χ4v) is 3.28. The summed E-state index contributed by atoms with van der Waals surface area (Å²) < 4.78 is 12.5. The molecule has 0 atom stereocenters. The van der Waals surface area contributed by atoms with Crippen molar-refractivity contribution in [2.75, 3.05) is 19.5 Å². The third kappa shape index (κ3) is 3.52. The molecule has 0 saturated carbocycles. The molecule has 0 bridgehead atoms. The topological polar surface area (TPSA) is 64.9 Å². The molecule has 0 unspecified atom stereocenters. The van der Waals surface area contributed by atoms with Gasteiger partial charge < -0.3 is 14.8 Å². The molecule has 0 aliphatic heterocycles. The van der Waals surface area contributed by atoms with Gasteiger partial charge in [0.2, 0.25) is 0 Å². The highest BCUT2D eigenvalue weighted by Crippen LogP contribution is 2.30. The Kier molecular flexibility index (Phi) is 4.91. The summed E-state index contributed by atoms with van der Waals surface area (Å²) in [5, 5.41) is 2.95. The van der Waals surface area contributed by atoms with Gasteiger partial charge in [-0.1, -0.05) is 12.1 Å². The predicted molar refractivity (Wildman–Crippen MR) is 113 cm³/mol. The van der Waals surface area contributed by atoms with E-state index in [0.717, 1.165) is 16.9 Å². The molecule has 0 radical (unpaired) electrons. The molecule has 2 heterocycles. The van der Waals surface area contributed by atoms with Crippen molar-refractivity contribution >= 4 is 17.2 Å². The largest absolute Gasteiger partial charge is 0.497 e. The van der Waals surface area contributed by atoms with Crippen LogP contribution in [0, 0.1) is 6.92 Å². The number of amides is 1. The number of pyridine rings is 1. The average Bonchev–Trinajstić information content (AvgIpc) is 3.14. The van der Waals surface area contributed by atoms with Gasteiger partial charge in [0.15, 0.2) is 5.69 Å². The number of carbonyl (C=O) groups excluding carboxylic acids is 1. The number of benzene rings is 2. The lowest BCUT2D eigenvalue weighted by molar-refractivity contribution is 0.102. The second-order valence-electron chi connectivity index (χ2n) is 6.62. The highest BCUT2D eigenvalue weighted by atomic mass is 16.5. The van der Waals surface area contributed by atoms with Crippen LogP contribution in [0.25, 0.3) is 16.9 Å². The summed E-state index contributed by atoms with van der Waals surface area (Å²) in [7, 11) is 3.20. The number of fused-ring (bicyclic) bond motifs is 1. The number of methoxy groups -OCH3 is 2. The summed E-state index contributed by atoms with van der Waals surface area (Å²) in [5.41, 5.74) is 4.24. The van der Waals surface area contributed by atoms with Gasteiger partial charge in [-0.2, -0.15) is 0 Å². The fraction of sp³-hybridized carbons (Fsp3) is 0.130. The van der Waals surface area contributed by atoms with Gasteiger partial charge in [-0.05, 0) is 61.0 Å². The number of anilines is 1. The van der Waals surface area contributed by atoms with E-state index in [2.05, 4.69) is 10.3 Å². The first-order chi connectivity index (χ1) is 14.1. The highest BCUT2D eigenvalue weighted by molar-refractivity contribution is 6.08. The molecular formula is C23H21N3O3. The highest BCUT2D eigenvalue weighted by Gasteiger charge is 2.21. The minimum atomic E-state index is -0.302. The van der Waals surface area contributed by atoms with Crippen LogP contribution in [0.1, 0.15) is 16.1 Å². The van der Waals surface area contributed by atoms with E-state index in [4.69, 9.17) is 9.47 Å². The smallest absolute Gasteiger partial charge is 0.276 e. The van der Waals surface area contributed by atoms with Crippen LogP contribution in [-0.4, -0.2) is 29.5 Å². The number of hydrogen-bond acceptors (Lipinski definition) is 4. The molecule has 1 amide bonds.